The number of aryl methyl sites for hydroxylation is 4. The number of carbonyl (C=O) groups is 3. The Morgan fingerprint density at radius 3 is 2.12 bits per heavy atom. The van der Waals surface area contributed by atoms with Gasteiger partial charge in [0, 0.05) is 36.6 Å². The number of amides is 3. The molecular formula is C37H42N8O6. The van der Waals surface area contributed by atoms with Crippen LogP contribution in [0, 0.1) is 33.6 Å². The van der Waals surface area contributed by atoms with Crippen LogP contribution in [0.4, 0.5) is 11.4 Å². The number of aliphatic hydroxyl groups excluding tert-OH is 1. The highest BCUT2D eigenvalue weighted by Gasteiger charge is 2.36. The summed E-state index contributed by atoms with van der Waals surface area (Å²) >= 11 is 0. The van der Waals surface area contributed by atoms with Crippen molar-refractivity contribution >= 4 is 40.1 Å². The van der Waals surface area contributed by atoms with Gasteiger partial charge in [-0.25, -0.2) is 4.98 Å². The second-order valence-electron chi connectivity index (χ2n) is 13.7. The Kier molecular flexibility index (Phi) is 9.10. The Morgan fingerprint density at radius 2 is 1.55 bits per heavy atom. The molecule has 1 saturated carbocycles. The van der Waals surface area contributed by atoms with E-state index in [1.165, 1.54) is 0 Å². The molecule has 2 aliphatic heterocycles. The molecule has 6 N–H and O–H groups in total. The Bertz CT molecular complexity index is 2100. The second-order valence-corrected chi connectivity index (χ2v) is 13.7. The van der Waals surface area contributed by atoms with Gasteiger partial charge in [-0.3, -0.25) is 14.4 Å². The lowest BCUT2D eigenvalue weighted by atomic mass is 9.80. The third-order valence-corrected chi connectivity index (χ3v) is 10.1. The Hall–Kier alpha value is -5.50. The molecule has 3 amide bonds. The van der Waals surface area contributed by atoms with E-state index in [0.717, 1.165) is 75.5 Å². The van der Waals surface area contributed by atoms with Gasteiger partial charge in [-0.05, 0) is 94.7 Å². The monoisotopic (exact) mass is 694 g/mol. The average molecular weight is 695 g/mol. The fraction of sp³-hybridized carbons (Fsp3) is 0.405. The Morgan fingerprint density at radius 1 is 0.922 bits per heavy atom. The summed E-state index contributed by atoms with van der Waals surface area (Å²) in [5.74, 6) is 2.49. The predicted molar refractivity (Wildman–Crippen MR) is 189 cm³/mol. The fourth-order valence-electron chi connectivity index (χ4n) is 7.41. The maximum absolute atomic E-state index is 12.2. The molecule has 1 aliphatic carbocycles. The van der Waals surface area contributed by atoms with E-state index in [4.69, 9.17) is 19.8 Å². The van der Waals surface area contributed by atoms with Crippen molar-refractivity contribution in [1.29, 1.82) is 0 Å². The second kappa shape index (κ2) is 13.7. The SMILES string of the molecule is Cc1noc(C)c1-c1ccc(N)c(NC(=O)[C@@H]2CCC(=O)N2)c1.Cc1noc(C)c1-c1ccc2c(c1)nc([C@@H]1CCC(=O)N1)n2C1CC(CO)C1. The van der Waals surface area contributed by atoms with Gasteiger partial charge in [-0.15, -0.1) is 0 Å². The standard InChI is InChI=1S/C21H24N4O3.C16H18N4O3/c1-11-20(12(2)28-24-11)14-3-5-18-17(9-14)23-21(16-4-6-19(27)22-16)25(18)15-7-13(8-15)10-26;1-8-15(9(2)23-20-8)10-3-4-11(17)13(7-10)19-16(22)12-5-6-14(21)18-12/h3,5,9,13,15-16,26H,4,6-8,10H2,1-2H3,(H,22,27);3-4,7,12H,5-6,17H2,1-2H3,(H,18,21)(H,19,22)/t13?,15?,16-;12-/m00/s1. The molecule has 51 heavy (non-hydrogen) atoms. The normalized spacial score (nSPS) is 21.2. The number of fused-ring (bicyclic) bond motifs is 1. The highest BCUT2D eigenvalue weighted by Crippen LogP contribution is 2.43. The van der Waals surface area contributed by atoms with Crippen molar-refractivity contribution in [3.8, 4) is 22.3 Å². The third kappa shape index (κ3) is 6.58. The first-order valence-corrected chi connectivity index (χ1v) is 17.3. The van der Waals surface area contributed by atoms with Crippen LogP contribution in [0.2, 0.25) is 0 Å². The van der Waals surface area contributed by atoms with E-state index in [-0.39, 0.29) is 30.4 Å². The number of carbonyl (C=O) groups excluding carboxylic acids is 3. The minimum absolute atomic E-state index is 0.0457. The zero-order valence-corrected chi connectivity index (χ0v) is 29.1. The predicted octanol–water partition coefficient (Wildman–Crippen LogP) is 4.96. The minimum Gasteiger partial charge on any atom is -0.397 e. The van der Waals surface area contributed by atoms with E-state index < -0.39 is 6.04 Å². The summed E-state index contributed by atoms with van der Waals surface area (Å²) in [6.07, 6.45) is 4.07. The van der Waals surface area contributed by atoms with E-state index >= 15 is 0 Å². The Labute approximate surface area is 294 Å². The zero-order chi connectivity index (χ0) is 36.0. The van der Waals surface area contributed by atoms with Crippen molar-refractivity contribution in [2.24, 2.45) is 5.92 Å². The number of nitrogens with one attached hydrogen (secondary N) is 3. The van der Waals surface area contributed by atoms with Gasteiger partial charge in [0.05, 0.1) is 39.8 Å². The van der Waals surface area contributed by atoms with Gasteiger partial charge in [0.2, 0.25) is 17.7 Å². The Balaban J connectivity index is 0.000000163. The largest absolute Gasteiger partial charge is 0.397 e. The van der Waals surface area contributed by atoms with Crippen LogP contribution in [-0.4, -0.2) is 55.3 Å². The van der Waals surface area contributed by atoms with Gasteiger partial charge in [-0.1, -0.05) is 22.4 Å². The molecule has 14 heteroatoms. The maximum atomic E-state index is 12.2. The molecular weight excluding hydrogens is 652 g/mol. The highest BCUT2D eigenvalue weighted by atomic mass is 16.5. The summed E-state index contributed by atoms with van der Waals surface area (Å²) < 4.78 is 12.8. The molecule has 5 heterocycles. The zero-order valence-electron chi connectivity index (χ0n) is 29.1. The summed E-state index contributed by atoms with van der Waals surface area (Å²) in [5, 5.41) is 25.9. The van der Waals surface area contributed by atoms with Crippen LogP contribution in [0.25, 0.3) is 33.3 Å². The molecule has 5 aromatic rings. The van der Waals surface area contributed by atoms with Crippen LogP contribution < -0.4 is 21.7 Å². The fourth-order valence-corrected chi connectivity index (χ4v) is 7.41. The van der Waals surface area contributed by atoms with Crippen molar-refractivity contribution in [2.75, 3.05) is 17.7 Å². The first-order chi connectivity index (χ1) is 24.5. The summed E-state index contributed by atoms with van der Waals surface area (Å²) in [4.78, 5) is 40.2. The van der Waals surface area contributed by atoms with Gasteiger partial charge >= 0.3 is 0 Å². The van der Waals surface area contributed by atoms with Crippen LogP contribution in [0.3, 0.4) is 0 Å². The summed E-state index contributed by atoms with van der Waals surface area (Å²) in [7, 11) is 0. The summed E-state index contributed by atoms with van der Waals surface area (Å²) in [6, 6.07) is 11.4. The van der Waals surface area contributed by atoms with Crippen molar-refractivity contribution in [3.05, 3.63) is 65.1 Å². The van der Waals surface area contributed by atoms with Gasteiger partial charge in [0.15, 0.2) is 0 Å². The number of nitrogen functional groups attached to an aromatic ring is 1. The number of hydrogen-bond donors (Lipinski definition) is 5. The molecule has 266 valence electrons. The van der Waals surface area contributed by atoms with E-state index in [1.807, 2.05) is 33.8 Å². The van der Waals surface area contributed by atoms with E-state index in [1.54, 1.807) is 12.1 Å². The molecule has 0 spiro atoms. The number of hydrogen-bond acceptors (Lipinski definition) is 10. The molecule has 0 unspecified atom stereocenters. The first-order valence-electron chi connectivity index (χ1n) is 17.3. The van der Waals surface area contributed by atoms with Gasteiger partial charge in [0.1, 0.15) is 23.4 Å². The van der Waals surface area contributed by atoms with Crippen molar-refractivity contribution in [3.63, 3.8) is 0 Å². The van der Waals surface area contributed by atoms with E-state index in [0.29, 0.717) is 48.4 Å². The highest BCUT2D eigenvalue weighted by molar-refractivity contribution is 6.01. The molecule has 2 atom stereocenters. The molecule has 3 fully saturated rings. The number of rotatable bonds is 7. The number of imidazole rings is 1. The number of aliphatic hydroxyl groups is 1. The third-order valence-electron chi connectivity index (χ3n) is 10.1. The lowest BCUT2D eigenvalue weighted by molar-refractivity contribution is -0.122. The molecule has 14 nitrogen and oxygen atoms in total. The van der Waals surface area contributed by atoms with Crippen LogP contribution in [0.1, 0.15) is 79.3 Å². The smallest absolute Gasteiger partial charge is 0.247 e. The lowest BCUT2D eigenvalue weighted by Gasteiger charge is -2.37. The van der Waals surface area contributed by atoms with Crippen LogP contribution in [0.15, 0.2) is 45.4 Å². The topological polar surface area (TPSA) is 203 Å². The molecule has 2 aromatic carbocycles. The van der Waals surface area contributed by atoms with Crippen molar-refractivity contribution in [2.45, 2.75) is 84.3 Å². The van der Waals surface area contributed by atoms with E-state index in [2.05, 4.69) is 49.0 Å². The van der Waals surface area contributed by atoms with Crippen LogP contribution >= 0.6 is 0 Å². The molecule has 8 rings (SSSR count). The van der Waals surface area contributed by atoms with Crippen LogP contribution in [0.5, 0.6) is 0 Å². The van der Waals surface area contributed by atoms with Gasteiger partial charge in [-0.2, -0.15) is 0 Å². The molecule has 0 radical (unpaired) electrons. The number of aromatic nitrogens is 4. The van der Waals surface area contributed by atoms with Crippen molar-refractivity contribution in [1.82, 2.24) is 30.5 Å². The molecule has 3 aliphatic rings. The van der Waals surface area contributed by atoms with E-state index in [9.17, 15) is 19.5 Å². The summed E-state index contributed by atoms with van der Waals surface area (Å²) in [5.41, 5.74) is 14.3. The molecule has 2 saturated heterocycles. The minimum atomic E-state index is -0.510. The van der Waals surface area contributed by atoms with Gasteiger partial charge in [0.25, 0.3) is 0 Å². The average Bonchev–Trinajstić information content (AvgIpc) is 3.92. The van der Waals surface area contributed by atoms with Gasteiger partial charge < -0.3 is 40.4 Å². The lowest BCUT2D eigenvalue weighted by Crippen LogP contribution is -2.37. The summed E-state index contributed by atoms with van der Waals surface area (Å²) in [6.45, 7) is 7.78. The van der Waals surface area contributed by atoms with Crippen LogP contribution in [-0.2, 0) is 14.4 Å². The number of nitrogens with two attached hydrogens (primary N) is 1. The molecule has 0 bridgehead atoms. The maximum Gasteiger partial charge on any atom is 0.247 e. The number of benzene rings is 2. The number of anilines is 2. The molecule has 3 aromatic heterocycles. The van der Waals surface area contributed by atoms with Crippen molar-refractivity contribution < 1.29 is 28.5 Å². The quantitative estimate of drug-likeness (QED) is 0.145. The first kappa shape index (κ1) is 34.0. The number of nitrogens with zero attached hydrogens (tertiary/aromatic N) is 4.